The van der Waals surface area contributed by atoms with Gasteiger partial charge in [-0.25, -0.2) is 24.1 Å². The minimum atomic E-state index is -3.21. The van der Waals surface area contributed by atoms with Gasteiger partial charge in [0.25, 0.3) is 5.67 Å². The Morgan fingerprint density at radius 2 is 1.82 bits per heavy atom. The molecule has 0 saturated carbocycles. The maximum atomic E-state index is 17.0. The van der Waals surface area contributed by atoms with Crippen molar-refractivity contribution in [1.29, 1.82) is 0 Å². The number of nitrogens with zero attached hydrogens (tertiary/aromatic N) is 5. The number of hydrogen-bond acceptors (Lipinski definition) is 17. The number of aromatic nitrogens is 2. The van der Waals surface area contributed by atoms with Gasteiger partial charge in [0.2, 0.25) is 11.8 Å². The monoisotopic (exact) mass is 973 g/mol. The molecule has 14 atom stereocenters. The number of carbonyl (C=O) groups is 4. The standard InChI is InChI=1S/C48H72FN7O11S/c1-13-35-48(10,62)32-19-18-30(55-64-23-31-24-68-43(51-31)33-16-15-17-36(52-33)53-42(60)29(7)50)22-63-46(8,21-25(3)38(27(32)5)54-37(57)14-2)41(28(6)40(59)47(9,49)45(61)66-35)67-44-39(58)34(56(11)12)20-26(4)65-44/h15-17,24-29,32,34-35,39,41,44,58,62H,13-14,18-23,50H2,1-12H3,(H,52,53,60)/b54-38+,55-30+/t25-,26-,27-,28+,29+,32-,34+,35-,39-,41-,44+,46-,47+,48+/m1/s1. The number of Topliss-reactive ketones (excluding diaryl/α,β-unsaturated/α-hetero) is 1. The molecule has 3 aliphatic heterocycles. The van der Waals surface area contributed by atoms with E-state index in [1.807, 2.05) is 39.8 Å². The van der Waals surface area contributed by atoms with Gasteiger partial charge in [-0.2, -0.15) is 0 Å². The molecule has 378 valence electrons. The summed E-state index contributed by atoms with van der Waals surface area (Å²) in [6.07, 6.45) is -4.62. The summed E-state index contributed by atoms with van der Waals surface area (Å²) in [5, 5.41) is 34.0. The van der Waals surface area contributed by atoms with Gasteiger partial charge in [-0.3, -0.25) is 14.4 Å². The third-order valence-electron chi connectivity index (χ3n) is 13.6. The molecule has 68 heavy (non-hydrogen) atoms. The lowest BCUT2D eigenvalue weighted by atomic mass is 9.68. The first kappa shape index (κ1) is 54.8. The highest BCUT2D eigenvalue weighted by atomic mass is 32.1. The fourth-order valence-corrected chi connectivity index (χ4v) is 10.5. The number of alkyl halides is 1. The number of anilines is 1. The maximum Gasteiger partial charge on any atom is 0.351 e. The lowest BCUT2D eigenvalue weighted by Crippen LogP contribution is -2.61. The van der Waals surface area contributed by atoms with E-state index in [-0.39, 0.29) is 51.2 Å². The number of esters is 1. The zero-order valence-electron chi connectivity index (χ0n) is 41.5. The van der Waals surface area contributed by atoms with Crippen molar-refractivity contribution in [2.24, 2.45) is 39.6 Å². The molecule has 0 aromatic carbocycles. The van der Waals surface area contributed by atoms with Gasteiger partial charge in [-0.15, -0.1) is 11.3 Å². The number of aliphatic hydroxyl groups excluding tert-OH is 1. The quantitative estimate of drug-likeness (QED) is 0.125. The average Bonchev–Trinajstić information content (AvgIpc) is 3.76. The number of halogens is 1. The van der Waals surface area contributed by atoms with Crippen LogP contribution >= 0.6 is 11.3 Å². The molecule has 2 amide bonds. The van der Waals surface area contributed by atoms with Crippen LogP contribution < -0.4 is 11.1 Å². The minimum absolute atomic E-state index is 0.0321. The molecule has 0 unspecified atom stereocenters. The third-order valence-corrected chi connectivity index (χ3v) is 14.6. The van der Waals surface area contributed by atoms with Gasteiger partial charge in [0.15, 0.2) is 18.7 Å². The number of aliphatic hydroxyl groups is 2. The van der Waals surface area contributed by atoms with E-state index in [9.17, 15) is 29.4 Å². The van der Waals surface area contributed by atoms with Crippen molar-refractivity contribution in [3.63, 3.8) is 0 Å². The number of pyridine rings is 1. The van der Waals surface area contributed by atoms with Crippen LogP contribution in [-0.4, -0.2) is 140 Å². The zero-order chi connectivity index (χ0) is 50.5. The van der Waals surface area contributed by atoms with Gasteiger partial charge >= 0.3 is 5.97 Å². The fourth-order valence-electron chi connectivity index (χ4n) is 9.72. The highest BCUT2D eigenvalue weighted by Gasteiger charge is 2.56. The summed E-state index contributed by atoms with van der Waals surface area (Å²) in [4.78, 5) is 75.7. The van der Waals surface area contributed by atoms with Crippen LogP contribution in [0.3, 0.4) is 0 Å². The number of oxime groups is 1. The Morgan fingerprint density at radius 3 is 2.47 bits per heavy atom. The first-order chi connectivity index (χ1) is 31.8. The zero-order valence-corrected chi connectivity index (χ0v) is 42.3. The van der Waals surface area contributed by atoms with Crippen molar-refractivity contribution in [1.82, 2.24) is 14.9 Å². The molecule has 0 radical (unpaired) electrons. The molecule has 2 aromatic heterocycles. The predicted molar refractivity (Wildman–Crippen MR) is 254 cm³/mol. The molecule has 5 N–H and O–H groups in total. The van der Waals surface area contributed by atoms with E-state index in [1.54, 1.807) is 51.3 Å². The number of hydrogen-bond donors (Lipinski definition) is 4. The second-order valence-electron chi connectivity index (χ2n) is 19.5. The van der Waals surface area contributed by atoms with E-state index in [1.165, 1.54) is 25.2 Å². The maximum absolute atomic E-state index is 17.0. The molecular weight excluding hydrogens is 902 g/mol. The van der Waals surface area contributed by atoms with Gasteiger partial charge in [0, 0.05) is 35.4 Å². The van der Waals surface area contributed by atoms with E-state index >= 15 is 4.39 Å². The van der Waals surface area contributed by atoms with E-state index < -0.39 is 101 Å². The molecule has 5 heterocycles. The summed E-state index contributed by atoms with van der Waals surface area (Å²) < 4.78 is 42.7. The molecule has 2 bridgehead atoms. The highest BCUT2D eigenvalue weighted by Crippen LogP contribution is 2.43. The lowest BCUT2D eigenvalue weighted by molar-refractivity contribution is -0.296. The topological polar surface area (TPSA) is 247 Å². The number of aliphatic imine (C=N–C) groups is 1. The Kier molecular flexibility index (Phi) is 18.3. The Balaban J connectivity index is 1.62. The summed E-state index contributed by atoms with van der Waals surface area (Å²) in [7, 11) is 3.64. The number of amides is 2. The van der Waals surface area contributed by atoms with Crippen LogP contribution in [0.15, 0.2) is 33.7 Å². The predicted octanol–water partition coefficient (Wildman–Crippen LogP) is 5.42. The summed E-state index contributed by atoms with van der Waals surface area (Å²) in [6.45, 7) is 15.7. The van der Waals surface area contributed by atoms with Crippen molar-refractivity contribution in [3.8, 4) is 10.7 Å². The second-order valence-corrected chi connectivity index (χ2v) is 20.4. The number of carbonyl (C=O) groups excluding carboxylic acids is 4. The normalized spacial score (nSPS) is 36.1. The SMILES string of the molecule is CCC(=O)/N=C1\[C@H](C)C[C@@]2(C)OC/C(=N/OCc3csc(-c4cccc(NC(=O)[C@H](C)N)n4)n3)CC[C@H]([C@H]1C)[C@](C)(O)[C@@H](CC)OC(=O)[C@@](C)(F)C(=O)[C@H](C)[C@H]2O[C@@H]1O[C@H](C)C[C@H](N(C)C)[C@H]1O. The molecule has 0 spiro atoms. The van der Waals surface area contributed by atoms with Crippen LogP contribution in [0.1, 0.15) is 113 Å². The Bertz CT molecular complexity index is 2170. The molecule has 3 fully saturated rings. The Labute approximate surface area is 403 Å². The summed E-state index contributed by atoms with van der Waals surface area (Å²) >= 11 is 1.32. The van der Waals surface area contributed by atoms with E-state index in [4.69, 9.17) is 29.5 Å². The lowest BCUT2D eigenvalue weighted by Gasteiger charge is -2.48. The first-order valence-corrected chi connectivity index (χ1v) is 24.5. The van der Waals surface area contributed by atoms with Crippen molar-refractivity contribution >= 4 is 52.1 Å². The number of likely N-dealkylation sites (N-methyl/N-ethyl adjacent to an activating group) is 1. The molecule has 0 aliphatic carbocycles. The number of ketones is 1. The number of rotatable bonds is 11. The van der Waals surface area contributed by atoms with Gasteiger partial charge in [-0.1, -0.05) is 45.8 Å². The molecular formula is C48H72FN7O11S. The summed E-state index contributed by atoms with van der Waals surface area (Å²) in [6, 6.07) is 4.02. The number of ether oxygens (including phenoxy) is 4. The third kappa shape index (κ3) is 12.6. The van der Waals surface area contributed by atoms with Crippen LogP contribution in [0, 0.1) is 23.7 Å². The molecule has 5 rings (SSSR count). The van der Waals surface area contributed by atoms with Gasteiger partial charge in [0.1, 0.15) is 34.3 Å². The van der Waals surface area contributed by atoms with Gasteiger partial charge in [-0.05, 0) is 105 Å². The van der Waals surface area contributed by atoms with Crippen LogP contribution in [0.5, 0.6) is 0 Å². The van der Waals surface area contributed by atoms with Crippen LogP contribution in [0.25, 0.3) is 10.7 Å². The van der Waals surface area contributed by atoms with Gasteiger partial charge < -0.3 is 49.9 Å². The number of nitrogens with two attached hydrogens (primary N) is 1. The number of fused-ring (bicyclic) bond motifs is 5. The minimum Gasteiger partial charge on any atom is -0.457 e. The molecule has 18 nitrogen and oxygen atoms in total. The molecule has 2 aromatic rings. The van der Waals surface area contributed by atoms with E-state index in [2.05, 4.69) is 25.4 Å². The fraction of sp³-hybridized carbons (Fsp3) is 0.708. The van der Waals surface area contributed by atoms with Crippen LogP contribution in [-0.2, 0) is 49.6 Å². The van der Waals surface area contributed by atoms with Crippen LogP contribution in [0.2, 0.25) is 0 Å². The highest BCUT2D eigenvalue weighted by molar-refractivity contribution is 7.13. The first-order valence-electron chi connectivity index (χ1n) is 23.6. The van der Waals surface area contributed by atoms with Crippen molar-refractivity contribution in [2.75, 3.05) is 26.0 Å². The Morgan fingerprint density at radius 1 is 1.12 bits per heavy atom. The van der Waals surface area contributed by atoms with E-state index in [0.29, 0.717) is 40.1 Å². The second kappa shape index (κ2) is 22.7. The van der Waals surface area contributed by atoms with Crippen molar-refractivity contribution in [3.05, 3.63) is 29.3 Å². The number of cyclic esters (lactones) is 1. The average molecular weight is 974 g/mol. The summed E-state index contributed by atoms with van der Waals surface area (Å²) in [5.41, 5.74) is 0.966. The molecule has 20 heteroatoms. The smallest absolute Gasteiger partial charge is 0.351 e. The van der Waals surface area contributed by atoms with Crippen LogP contribution in [0.4, 0.5) is 10.2 Å². The largest absolute Gasteiger partial charge is 0.457 e. The van der Waals surface area contributed by atoms with Crippen molar-refractivity contribution < 1.29 is 57.6 Å². The molecule has 3 saturated heterocycles. The van der Waals surface area contributed by atoms with Crippen molar-refractivity contribution in [2.45, 2.75) is 174 Å². The summed E-state index contributed by atoms with van der Waals surface area (Å²) in [5.74, 6) is -6.53. The number of nitrogens with one attached hydrogen (secondary N) is 1. The number of thiazole rings is 1. The Hall–Kier alpha value is -4.15. The van der Waals surface area contributed by atoms with E-state index in [0.717, 1.165) is 6.92 Å². The van der Waals surface area contributed by atoms with Gasteiger partial charge in [0.05, 0.1) is 41.9 Å². The molecule has 3 aliphatic rings.